The van der Waals surface area contributed by atoms with Crippen LogP contribution in [-0.4, -0.2) is 6.54 Å². The van der Waals surface area contributed by atoms with Crippen LogP contribution in [0, 0.1) is 9.49 Å². The van der Waals surface area contributed by atoms with Crippen LogP contribution < -0.4 is 5.32 Å². The van der Waals surface area contributed by atoms with Crippen molar-refractivity contribution in [2.45, 2.75) is 20.0 Å². The molecule has 0 saturated heterocycles. The quantitative estimate of drug-likeness (QED) is 0.804. The fraction of sp³-hybridized carbons (Fsp3) is 0.455. The van der Waals surface area contributed by atoms with E-state index in [0.29, 0.717) is 9.49 Å². The van der Waals surface area contributed by atoms with Crippen LogP contribution in [0.15, 0.2) is 18.2 Å². The molecule has 1 aromatic carbocycles. The molecule has 0 saturated carbocycles. The van der Waals surface area contributed by atoms with Crippen molar-refractivity contribution in [1.82, 2.24) is 0 Å². The number of anilines is 1. The zero-order valence-corrected chi connectivity index (χ0v) is 11.2. The molecule has 0 aliphatic rings. The van der Waals surface area contributed by atoms with E-state index in [1.165, 1.54) is 6.07 Å². The monoisotopic (exact) mass is 343 g/mol. The Balaban J connectivity index is 2.84. The van der Waals surface area contributed by atoms with Crippen molar-refractivity contribution < 1.29 is 13.2 Å². The Morgan fingerprint density at radius 1 is 1.31 bits per heavy atom. The molecule has 0 unspecified atom stereocenters. The molecule has 1 aromatic rings. The van der Waals surface area contributed by atoms with Crippen LogP contribution in [0.1, 0.15) is 19.4 Å². The van der Waals surface area contributed by atoms with Gasteiger partial charge in [0.2, 0.25) is 0 Å². The largest absolute Gasteiger partial charge is 0.416 e. The number of nitrogens with one attached hydrogen (secondary N) is 1. The Hall–Kier alpha value is -0.460. The number of benzene rings is 1. The summed E-state index contributed by atoms with van der Waals surface area (Å²) in [5.41, 5.74) is 0.147. The van der Waals surface area contributed by atoms with Gasteiger partial charge < -0.3 is 5.32 Å². The molecule has 1 rings (SSSR count). The van der Waals surface area contributed by atoms with Gasteiger partial charge in [-0.05, 0) is 46.7 Å². The third-order valence-electron chi connectivity index (χ3n) is 2.00. The first kappa shape index (κ1) is 13.6. The van der Waals surface area contributed by atoms with E-state index < -0.39 is 11.7 Å². The Kier molecular flexibility index (Phi) is 4.46. The third-order valence-corrected chi connectivity index (χ3v) is 2.89. The summed E-state index contributed by atoms with van der Waals surface area (Å²) in [6.45, 7) is 4.84. The second-order valence-corrected chi connectivity index (χ2v) is 5.13. The zero-order valence-electron chi connectivity index (χ0n) is 9.03. The van der Waals surface area contributed by atoms with Crippen LogP contribution in [0.2, 0.25) is 0 Å². The lowest BCUT2D eigenvalue weighted by Gasteiger charge is -2.13. The Bertz CT molecular complexity index is 361. The standard InChI is InChI=1S/C11H13F3IN/c1-7(2)6-16-10-4-3-8(5-9(10)15)11(12,13)14/h3-5,7,16H,6H2,1-2H3. The molecule has 0 spiro atoms. The first-order valence-electron chi connectivity index (χ1n) is 4.91. The molecule has 0 atom stereocenters. The average Bonchev–Trinajstić information content (AvgIpc) is 2.14. The molecule has 1 nitrogen and oxygen atoms in total. The van der Waals surface area contributed by atoms with Crippen LogP contribution in [0.3, 0.4) is 0 Å². The molecule has 0 amide bonds. The van der Waals surface area contributed by atoms with E-state index in [-0.39, 0.29) is 0 Å². The second kappa shape index (κ2) is 5.25. The summed E-state index contributed by atoms with van der Waals surface area (Å²) in [6.07, 6.45) is -4.27. The summed E-state index contributed by atoms with van der Waals surface area (Å²) >= 11 is 1.91. The van der Waals surface area contributed by atoms with E-state index in [9.17, 15) is 13.2 Å². The molecule has 0 fully saturated rings. The average molecular weight is 343 g/mol. The van der Waals surface area contributed by atoms with E-state index in [2.05, 4.69) is 5.32 Å². The van der Waals surface area contributed by atoms with Gasteiger partial charge in [0, 0.05) is 15.8 Å². The van der Waals surface area contributed by atoms with E-state index in [1.54, 1.807) is 0 Å². The first-order valence-corrected chi connectivity index (χ1v) is 5.99. The lowest BCUT2D eigenvalue weighted by atomic mass is 10.2. The highest BCUT2D eigenvalue weighted by Crippen LogP contribution is 2.32. The van der Waals surface area contributed by atoms with Gasteiger partial charge in [0.15, 0.2) is 0 Å². The summed E-state index contributed by atoms with van der Waals surface area (Å²) in [6, 6.07) is 3.74. The number of hydrogen-bond donors (Lipinski definition) is 1. The summed E-state index contributed by atoms with van der Waals surface area (Å²) in [4.78, 5) is 0. The lowest BCUT2D eigenvalue weighted by Crippen LogP contribution is -2.10. The van der Waals surface area contributed by atoms with Crippen molar-refractivity contribution in [3.05, 3.63) is 27.3 Å². The molecule has 0 radical (unpaired) electrons. The second-order valence-electron chi connectivity index (χ2n) is 3.97. The molecule has 0 heterocycles. The summed E-state index contributed by atoms with van der Waals surface area (Å²) < 4.78 is 37.8. The highest BCUT2D eigenvalue weighted by Gasteiger charge is 2.30. The summed E-state index contributed by atoms with van der Waals surface area (Å²) in [5, 5.41) is 3.12. The molecule has 16 heavy (non-hydrogen) atoms. The molecular formula is C11H13F3IN. The minimum Gasteiger partial charge on any atom is -0.384 e. The number of halogens is 4. The van der Waals surface area contributed by atoms with Crippen molar-refractivity contribution in [3.8, 4) is 0 Å². The van der Waals surface area contributed by atoms with Gasteiger partial charge in [0.05, 0.1) is 5.56 Å². The fourth-order valence-electron chi connectivity index (χ4n) is 1.15. The van der Waals surface area contributed by atoms with E-state index in [0.717, 1.165) is 24.4 Å². The predicted octanol–water partition coefficient (Wildman–Crippen LogP) is 4.38. The number of hydrogen-bond acceptors (Lipinski definition) is 1. The van der Waals surface area contributed by atoms with Crippen LogP contribution in [0.5, 0.6) is 0 Å². The predicted molar refractivity (Wildman–Crippen MR) is 67.5 cm³/mol. The van der Waals surface area contributed by atoms with Crippen LogP contribution in [0.25, 0.3) is 0 Å². The highest BCUT2D eigenvalue weighted by molar-refractivity contribution is 14.1. The summed E-state index contributed by atoms with van der Waals surface area (Å²) in [5.74, 6) is 0.457. The SMILES string of the molecule is CC(C)CNc1ccc(C(F)(F)F)cc1I. The molecule has 5 heteroatoms. The van der Waals surface area contributed by atoms with Crippen LogP contribution in [-0.2, 0) is 6.18 Å². The first-order chi connectivity index (χ1) is 7.30. The van der Waals surface area contributed by atoms with Crippen LogP contribution in [0.4, 0.5) is 18.9 Å². The van der Waals surface area contributed by atoms with Crippen molar-refractivity contribution in [1.29, 1.82) is 0 Å². The van der Waals surface area contributed by atoms with Gasteiger partial charge in [-0.1, -0.05) is 13.8 Å². The maximum Gasteiger partial charge on any atom is 0.416 e. The molecule has 1 N–H and O–H groups in total. The fourth-order valence-corrected chi connectivity index (χ4v) is 1.85. The lowest BCUT2D eigenvalue weighted by molar-refractivity contribution is -0.137. The smallest absolute Gasteiger partial charge is 0.384 e. The van der Waals surface area contributed by atoms with Gasteiger partial charge >= 0.3 is 6.18 Å². The van der Waals surface area contributed by atoms with Crippen molar-refractivity contribution in [2.24, 2.45) is 5.92 Å². The Morgan fingerprint density at radius 2 is 1.94 bits per heavy atom. The summed E-state index contributed by atoms with van der Waals surface area (Å²) in [7, 11) is 0. The zero-order chi connectivity index (χ0) is 12.3. The minimum atomic E-state index is -4.27. The van der Waals surface area contributed by atoms with Gasteiger partial charge in [-0.3, -0.25) is 0 Å². The van der Waals surface area contributed by atoms with E-state index >= 15 is 0 Å². The van der Waals surface area contributed by atoms with E-state index in [4.69, 9.17) is 0 Å². The highest BCUT2D eigenvalue weighted by atomic mass is 127. The molecule has 90 valence electrons. The van der Waals surface area contributed by atoms with Gasteiger partial charge in [-0.25, -0.2) is 0 Å². The molecule has 0 aliphatic heterocycles. The number of alkyl halides is 3. The van der Waals surface area contributed by atoms with Crippen molar-refractivity contribution in [3.63, 3.8) is 0 Å². The minimum absolute atomic E-state index is 0.457. The Morgan fingerprint density at radius 3 is 2.38 bits per heavy atom. The van der Waals surface area contributed by atoms with E-state index in [1.807, 2.05) is 36.4 Å². The van der Waals surface area contributed by atoms with Gasteiger partial charge in [-0.15, -0.1) is 0 Å². The van der Waals surface area contributed by atoms with Gasteiger partial charge in [0.25, 0.3) is 0 Å². The maximum atomic E-state index is 12.4. The van der Waals surface area contributed by atoms with Gasteiger partial charge in [-0.2, -0.15) is 13.2 Å². The van der Waals surface area contributed by atoms with Crippen molar-refractivity contribution >= 4 is 28.3 Å². The van der Waals surface area contributed by atoms with Crippen LogP contribution >= 0.6 is 22.6 Å². The molecule has 0 aromatic heterocycles. The Labute approximate surface area is 107 Å². The normalized spacial score (nSPS) is 11.9. The van der Waals surface area contributed by atoms with Crippen molar-refractivity contribution in [2.75, 3.05) is 11.9 Å². The molecular weight excluding hydrogens is 330 g/mol. The number of rotatable bonds is 3. The molecule has 0 aliphatic carbocycles. The maximum absolute atomic E-state index is 12.4. The topological polar surface area (TPSA) is 12.0 Å². The third kappa shape index (κ3) is 3.84. The van der Waals surface area contributed by atoms with Gasteiger partial charge in [0.1, 0.15) is 0 Å². The molecule has 0 bridgehead atoms.